The molecule has 0 bridgehead atoms. The summed E-state index contributed by atoms with van der Waals surface area (Å²) in [7, 11) is 0. The number of hydrogen-bond acceptors (Lipinski definition) is 2. The topological polar surface area (TPSA) is 27.0 Å². The van der Waals surface area contributed by atoms with Gasteiger partial charge in [0.15, 0.2) is 0 Å². The lowest BCUT2D eigenvalue weighted by atomic mass is 10.1. The number of anilines is 1. The Bertz CT molecular complexity index is 431. The third-order valence-electron chi connectivity index (χ3n) is 2.53. The number of hydrogen-bond donors (Lipinski definition) is 0. The molecule has 0 saturated carbocycles. The first-order chi connectivity index (χ1) is 7.29. The molecular weight excluding hydrogens is 191 g/mol. The molecule has 0 saturated heterocycles. The molecular formula is C12H11FN2. The van der Waals surface area contributed by atoms with Crippen molar-refractivity contribution in [1.82, 2.24) is 0 Å². The molecule has 2 rings (SSSR count). The second-order valence-electron chi connectivity index (χ2n) is 3.52. The molecule has 15 heavy (non-hydrogen) atoms. The lowest BCUT2D eigenvalue weighted by Crippen LogP contribution is -2.28. The zero-order valence-corrected chi connectivity index (χ0v) is 8.28. The standard InChI is InChI=1S/C12H11FN2/c13-11-2-1-3-12(8-11)15-6-4-10(9-14)5-7-15/h1-4,8H,5-7H2. The quantitative estimate of drug-likeness (QED) is 0.699. The fraction of sp³-hybridized carbons (Fsp3) is 0.250. The second-order valence-corrected chi connectivity index (χ2v) is 3.52. The van der Waals surface area contributed by atoms with Gasteiger partial charge >= 0.3 is 0 Å². The average molecular weight is 202 g/mol. The van der Waals surface area contributed by atoms with Gasteiger partial charge in [0.25, 0.3) is 0 Å². The maximum atomic E-state index is 13.0. The van der Waals surface area contributed by atoms with Crippen LogP contribution in [0.15, 0.2) is 35.9 Å². The van der Waals surface area contributed by atoms with Crippen molar-refractivity contribution in [2.75, 3.05) is 18.0 Å². The molecule has 0 fully saturated rings. The first-order valence-electron chi connectivity index (χ1n) is 4.89. The van der Waals surface area contributed by atoms with Crippen LogP contribution in [-0.2, 0) is 0 Å². The van der Waals surface area contributed by atoms with Crippen LogP contribution in [0.25, 0.3) is 0 Å². The van der Waals surface area contributed by atoms with Crippen LogP contribution in [0, 0.1) is 17.1 Å². The molecule has 76 valence electrons. The number of nitriles is 1. The molecule has 0 unspecified atom stereocenters. The summed E-state index contributed by atoms with van der Waals surface area (Å²) in [5.41, 5.74) is 1.70. The Morgan fingerprint density at radius 1 is 1.40 bits per heavy atom. The molecule has 0 atom stereocenters. The maximum absolute atomic E-state index is 13.0. The molecule has 0 amide bonds. The van der Waals surface area contributed by atoms with E-state index in [0.29, 0.717) is 6.54 Å². The Morgan fingerprint density at radius 2 is 2.27 bits per heavy atom. The monoisotopic (exact) mass is 202 g/mol. The summed E-state index contributed by atoms with van der Waals surface area (Å²) in [6.45, 7) is 1.47. The van der Waals surface area contributed by atoms with Crippen LogP contribution in [0.5, 0.6) is 0 Å². The molecule has 0 aromatic heterocycles. The largest absolute Gasteiger partial charge is 0.367 e. The SMILES string of the molecule is N#CC1=CCN(c2cccc(F)c2)CC1. The molecule has 2 nitrogen and oxygen atoms in total. The molecule has 1 aliphatic heterocycles. The summed E-state index contributed by atoms with van der Waals surface area (Å²) in [4.78, 5) is 2.06. The van der Waals surface area contributed by atoms with Gasteiger partial charge in [-0.3, -0.25) is 0 Å². The van der Waals surface area contributed by atoms with Crippen LogP contribution in [-0.4, -0.2) is 13.1 Å². The summed E-state index contributed by atoms with van der Waals surface area (Å²) in [5.74, 6) is -0.220. The number of halogens is 1. The van der Waals surface area contributed by atoms with Crippen molar-refractivity contribution in [3.8, 4) is 6.07 Å². The van der Waals surface area contributed by atoms with Crippen LogP contribution in [0.3, 0.4) is 0 Å². The number of rotatable bonds is 1. The molecule has 1 aromatic carbocycles. The van der Waals surface area contributed by atoms with E-state index in [1.54, 1.807) is 6.07 Å². The van der Waals surface area contributed by atoms with Gasteiger partial charge in [0.1, 0.15) is 5.82 Å². The van der Waals surface area contributed by atoms with Gasteiger partial charge in [-0.15, -0.1) is 0 Å². The summed E-state index contributed by atoms with van der Waals surface area (Å²) < 4.78 is 13.0. The third kappa shape index (κ3) is 2.16. The van der Waals surface area contributed by atoms with E-state index in [4.69, 9.17) is 5.26 Å². The van der Waals surface area contributed by atoms with E-state index in [0.717, 1.165) is 24.2 Å². The summed E-state index contributed by atoms with van der Waals surface area (Å²) in [6.07, 6.45) is 2.64. The van der Waals surface area contributed by atoms with Gasteiger partial charge in [0.05, 0.1) is 6.07 Å². The van der Waals surface area contributed by atoms with E-state index >= 15 is 0 Å². The first-order valence-corrected chi connectivity index (χ1v) is 4.89. The van der Waals surface area contributed by atoms with Gasteiger partial charge in [-0.1, -0.05) is 12.1 Å². The molecule has 0 aliphatic carbocycles. The van der Waals surface area contributed by atoms with Gasteiger partial charge in [0.2, 0.25) is 0 Å². The van der Waals surface area contributed by atoms with Gasteiger partial charge in [-0.25, -0.2) is 4.39 Å². The van der Waals surface area contributed by atoms with Crippen molar-refractivity contribution in [3.63, 3.8) is 0 Å². The zero-order chi connectivity index (χ0) is 10.7. The van der Waals surface area contributed by atoms with Crippen LogP contribution in [0.1, 0.15) is 6.42 Å². The minimum Gasteiger partial charge on any atom is -0.367 e. The number of benzene rings is 1. The highest BCUT2D eigenvalue weighted by atomic mass is 19.1. The Morgan fingerprint density at radius 3 is 2.87 bits per heavy atom. The number of nitrogens with zero attached hydrogens (tertiary/aromatic N) is 2. The zero-order valence-electron chi connectivity index (χ0n) is 8.28. The maximum Gasteiger partial charge on any atom is 0.125 e. The fourth-order valence-corrected chi connectivity index (χ4v) is 1.68. The molecule has 1 heterocycles. The highest BCUT2D eigenvalue weighted by Gasteiger charge is 2.11. The van der Waals surface area contributed by atoms with Crippen LogP contribution in [0.4, 0.5) is 10.1 Å². The van der Waals surface area contributed by atoms with E-state index < -0.39 is 0 Å². The van der Waals surface area contributed by atoms with E-state index in [1.165, 1.54) is 12.1 Å². The second kappa shape index (κ2) is 4.14. The minimum absolute atomic E-state index is 0.220. The van der Waals surface area contributed by atoms with Crippen molar-refractivity contribution < 1.29 is 4.39 Å². The third-order valence-corrected chi connectivity index (χ3v) is 2.53. The van der Waals surface area contributed by atoms with Crippen molar-refractivity contribution in [3.05, 3.63) is 41.7 Å². The van der Waals surface area contributed by atoms with Crippen molar-refractivity contribution in [2.45, 2.75) is 6.42 Å². The smallest absolute Gasteiger partial charge is 0.125 e. The summed E-state index contributed by atoms with van der Waals surface area (Å²) >= 11 is 0. The molecule has 0 spiro atoms. The molecule has 1 aromatic rings. The van der Waals surface area contributed by atoms with Gasteiger partial charge < -0.3 is 4.90 Å². The fourth-order valence-electron chi connectivity index (χ4n) is 1.68. The molecule has 0 radical (unpaired) electrons. The molecule has 3 heteroatoms. The Kier molecular flexibility index (Phi) is 2.68. The van der Waals surface area contributed by atoms with Gasteiger partial charge in [-0.2, -0.15) is 5.26 Å². The lowest BCUT2D eigenvalue weighted by Gasteiger charge is -2.26. The van der Waals surface area contributed by atoms with Crippen LogP contribution < -0.4 is 4.90 Å². The normalized spacial score (nSPS) is 15.7. The van der Waals surface area contributed by atoms with Crippen LogP contribution in [0.2, 0.25) is 0 Å². The van der Waals surface area contributed by atoms with E-state index in [9.17, 15) is 4.39 Å². The predicted octanol–water partition coefficient (Wildman–Crippen LogP) is 2.49. The Hall–Kier alpha value is -1.82. The molecule has 1 aliphatic rings. The van der Waals surface area contributed by atoms with E-state index in [-0.39, 0.29) is 5.82 Å². The predicted molar refractivity (Wildman–Crippen MR) is 56.9 cm³/mol. The lowest BCUT2D eigenvalue weighted by molar-refractivity contribution is 0.626. The highest BCUT2D eigenvalue weighted by Crippen LogP contribution is 2.19. The van der Waals surface area contributed by atoms with Crippen molar-refractivity contribution >= 4 is 5.69 Å². The van der Waals surface area contributed by atoms with Crippen LogP contribution >= 0.6 is 0 Å². The van der Waals surface area contributed by atoms with Gasteiger partial charge in [-0.05, 0) is 24.6 Å². The highest BCUT2D eigenvalue weighted by molar-refractivity contribution is 5.49. The average Bonchev–Trinajstić information content (AvgIpc) is 2.29. The van der Waals surface area contributed by atoms with Crippen molar-refractivity contribution in [1.29, 1.82) is 5.26 Å². The van der Waals surface area contributed by atoms with E-state index in [2.05, 4.69) is 11.0 Å². The van der Waals surface area contributed by atoms with Crippen molar-refractivity contribution in [2.24, 2.45) is 0 Å². The van der Waals surface area contributed by atoms with E-state index in [1.807, 2.05) is 12.1 Å². The Balaban J connectivity index is 2.15. The minimum atomic E-state index is -0.220. The summed E-state index contributed by atoms with van der Waals surface area (Å²) in [6, 6.07) is 8.69. The first kappa shape index (κ1) is 9.72. The summed E-state index contributed by atoms with van der Waals surface area (Å²) in [5, 5.41) is 8.70. The Labute approximate surface area is 88.2 Å². The van der Waals surface area contributed by atoms with Gasteiger partial charge in [0, 0.05) is 24.4 Å². The molecule has 0 N–H and O–H groups in total.